The number of nitrogens with zero attached hydrogens (tertiary/aromatic N) is 1. The van der Waals surface area contributed by atoms with E-state index in [4.69, 9.17) is 0 Å². The zero-order chi connectivity index (χ0) is 18.1. The van der Waals surface area contributed by atoms with Crippen LogP contribution in [0.3, 0.4) is 0 Å². The molecule has 0 N–H and O–H groups in total. The monoisotopic (exact) mass is 363 g/mol. The summed E-state index contributed by atoms with van der Waals surface area (Å²) in [6.45, 7) is 0. The molecular formula is C18H12F3NO2S. The third-order valence-electron chi connectivity index (χ3n) is 3.60. The van der Waals surface area contributed by atoms with Gasteiger partial charge in [0, 0.05) is 11.8 Å². The molecule has 0 radical (unpaired) electrons. The molecule has 3 rings (SSSR count). The molecule has 7 heteroatoms. The van der Waals surface area contributed by atoms with Crippen LogP contribution in [0.5, 0.6) is 0 Å². The molecular weight excluding hydrogens is 351 g/mol. The van der Waals surface area contributed by atoms with Crippen LogP contribution >= 0.6 is 0 Å². The number of rotatable bonds is 3. The molecule has 0 aliphatic carbocycles. The number of pyridine rings is 1. The lowest BCUT2D eigenvalue weighted by Gasteiger charge is -2.08. The van der Waals surface area contributed by atoms with Gasteiger partial charge in [0.15, 0.2) is 0 Å². The average molecular weight is 363 g/mol. The van der Waals surface area contributed by atoms with E-state index in [2.05, 4.69) is 4.98 Å². The molecule has 0 unspecified atom stereocenters. The van der Waals surface area contributed by atoms with E-state index in [9.17, 15) is 21.6 Å². The summed E-state index contributed by atoms with van der Waals surface area (Å²) in [4.78, 5) is 4.08. The predicted octanol–water partition coefficient (Wildman–Crippen LogP) is 4.60. The highest BCUT2D eigenvalue weighted by Crippen LogP contribution is 2.30. The second-order valence-corrected chi connectivity index (χ2v) is 7.22. The fraction of sp³-hybridized carbons (Fsp3) is 0.0556. The Hall–Kier alpha value is -2.67. The van der Waals surface area contributed by atoms with Crippen LogP contribution in [0.25, 0.3) is 11.3 Å². The van der Waals surface area contributed by atoms with Crippen molar-refractivity contribution in [2.24, 2.45) is 0 Å². The van der Waals surface area contributed by atoms with Gasteiger partial charge in [-0.3, -0.25) is 4.98 Å². The highest BCUT2D eigenvalue weighted by atomic mass is 32.2. The van der Waals surface area contributed by atoms with Crippen molar-refractivity contribution in [2.45, 2.75) is 16.0 Å². The molecule has 2 aromatic carbocycles. The van der Waals surface area contributed by atoms with Crippen molar-refractivity contribution in [3.63, 3.8) is 0 Å². The number of benzene rings is 2. The Morgan fingerprint density at radius 3 is 1.88 bits per heavy atom. The van der Waals surface area contributed by atoms with Gasteiger partial charge < -0.3 is 0 Å². The first-order valence-electron chi connectivity index (χ1n) is 7.22. The van der Waals surface area contributed by atoms with Gasteiger partial charge in [-0.2, -0.15) is 13.2 Å². The zero-order valence-corrected chi connectivity index (χ0v) is 13.6. The minimum absolute atomic E-state index is 0.106. The summed E-state index contributed by atoms with van der Waals surface area (Å²) < 4.78 is 62.7. The SMILES string of the molecule is O=S(=O)(c1ccccc1)c1ccc(-c2ccc(C(F)(F)F)cn2)cc1. The quantitative estimate of drug-likeness (QED) is 0.683. The number of aromatic nitrogens is 1. The van der Waals surface area contributed by atoms with Crippen LogP contribution in [0.4, 0.5) is 13.2 Å². The summed E-state index contributed by atoms with van der Waals surface area (Å²) in [5, 5.41) is 0. The molecule has 0 bridgehead atoms. The van der Waals surface area contributed by atoms with Crippen LogP contribution in [0.1, 0.15) is 5.56 Å². The van der Waals surface area contributed by atoms with Gasteiger partial charge >= 0.3 is 6.18 Å². The van der Waals surface area contributed by atoms with Crippen LogP contribution in [0.2, 0.25) is 0 Å². The van der Waals surface area contributed by atoms with E-state index in [1.165, 1.54) is 42.5 Å². The van der Waals surface area contributed by atoms with Gasteiger partial charge in [-0.15, -0.1) is 0 Å². The molecule has 0 fully saturated rings. The molecule has 0 amide bonds. The van der Waals surface area contributed by atoms with Gasteiger partial charge in [-0.1, -0.05) is 30.3 Å². The summed E-state index contributed by atoms with van der Waals surface area (Å²) in [7, 11) is -3.63. The van der Waals surface area contributed by atoms with E-state index < -0.39 is 21.6 Å². The van der Waals surface area contributed by atoms with Gasteiger partial charge in [-0.05, 0) is 36.4 Å². The minimum atomic E-state index is -4.45. The zero-order valence-electron chi connectivity index (χ0n) is 12.7. The maximum Gasteiger partial charge on any atom is 0.417 e. The Labute approximate surface area is 142 Å². The molecule has 0 aliphatic rings. The van der Waals surface area contributed by atoms with E-state index in [0.717, 1.165) is 12.3 Å². The largest absolute Gasteiger partial charge is 0.417 e. The fourth-order valence-corrected chi connectivity index (χ4v) is 3.55. The van der Waals surface area contributed by atoms with Gasteiger partial charge in [0.1, 0.15) is 0 Å². The van der Waals surface area contributed by atoms with Crippen molar-refractivity contribution in [3.05, 3.63) is 78.5 Å². The Morgan fingerprint density at radius 2 is 1.36 bits per heavy atom. The molecule has 0 atom stereocenters. The highest BCUT2D eigenvalue weighted by molar-refractivity contribution is 7.91. The number of hydrogen-bond donors (Lipinski definition) is 0. The van der Waals surface area contributed by atoms with Crippen molar-refractivity contribution in [2.75, 3.05) is 0 Å². The van der Waals surface area contributed by atoms with Crippen LogP contribution in [0, 0.1) is 0 Å². The van der Waals surface area contributed by atoms with Crippen LogP contribution < -0.4 is 0 Å². The summed E-state index contributed by atoms with van der Waals surface area (Å²) in [5.74, 6) is 0. The average Bonchev–Trinajstić information content (AvgIpc) is 2.62. The van der Waals surface area contributed by atoms with Gasteiger partial charge in [0.05, 0.1) is 21.0 Å². The number of sulfone groups is 1. The first-order chi connectivity index (χ1) is 11.8. The molecule has 0 spiro atoms. The maximum atomic E-state index is 12.6. The van der Waals surface area contributed by atoms with E-state index >= 15 is 0 Å². The minimum Gasteiger partial charge on any atom is -0.256 e. The standard InChI is InChI=1S/C18H12F3NO2S/c19-18(20,21)14-8-11-17(22-12-14)13-6-9-16(10-7-13)25(23,24)15-4-2-1-3-5-15/h1-12H. The first-order valence-corrected chi connectivity index (χ1v) is 8.70. The molecule has 0 aliphatic heterocycles. The molecule has 128 valence electrons. The molecule has 1 aromatic heterocycles. The van der Waals surface area contributed by atoms with Crippen molar-refractivity contribution in [1.29, 1.82) is 0 Å². The Balaban J connectivity index is 1.90. The third kappa shape index (κ3) is 3.56. The summed E-state index contributed by atoms with van der Waals surface area (Å²) >= 11 is 0. The topological polar surface area (TPSA) is 47.0 Å². The lowest BCUT2D eigenvalue weighted by molar-refractivity contribution is -0.137. The van der Waals surface area contributed by atoms with E-state index in [0.29, 0.717) is 11.3 Å². The van der Waals surface area contributed by atoms with Crippen molar-refractivity contribution in [3.8, 4) is 11.3 Å². The smallest absolute Gasteiger partial charge is 0.256 e. The molecule has 25 heavy (non-hydrogen) atoms. The van der Waals surface area contributed by atoms with Crippen LogP contribution in [0.15, 0.2) is 82.7 Å². The normalized spacial score (nSPS) is 12.1. The van der Waals surface area contributed by atoms with E-state index in [1.807, 2.05) is 0 Å². The molecule has 1 heterocycles. The number of alkyl halides is 3. The number of hydrogen-bond acceptors (Lipinski definition) is 3. The first kappa shape index (κ1) is 17.2. The van der Waals surface area contributed by atoms with Gasteiger partial charge in [0.25, 0.3) is 0 Å². The Kier molecular flexibility index (Phi) is 4.34. The van der Waals surface area contributed by atoms with Gasteiger partial charge in [-0.25, -0.2) is 8.42 Å². The summed E-state index contributed by atoms with van der Waals surface area (Å²) in [6.07, 6.45) is -3.69. The fourth-order valence-electron chi connectivity index (χ4n) is 2.27. The molecule has 3 nitrogen and oxygen atoms in total. The lowest BCUT2D eigenvalue weighted by atomic mass is 10.1. The van der Waals surface area contributed by atoms with Crippen molar-refractivity contribution >= 4 is 9.84 Å². The third-order valence-corrected chi connectivity index (χ3v) is 5.39. The Morgan fingerprint density at radius 1 is 0.760 bits per heavy atom. The molecule has 0 saturated heterocycles. The molecule has 0 saturated carbocycles. The van der Waals surface area contributed by atoms with E-state index in [-0.39, 0.29) is 9.79 Å². The Bertz CT molecular complexity index is 966. The molecule has 3 aromatic rings. The summed E-state index contributed by atoms with van der Waals surface area (Å²) in [5.41, 5.74) is 0.0249. The highest BCUT2D eigenvalue weighted by Gasteiger charge is 2.30. The van der Waals surface area contributed by atoms with Crippen LogP contribution in [-0.4, -0.2) is 13.4 Å². The van der Waals surface area contributed by atoms with Crippen LogP contribution in [-0.2, 0) is 16.0 Å². The number of halogens is 3. The van der Waals surface area contributed by atoms with Crippen molar-refractivity contribution in [1.82, 2.24) is 4.98 Å². The van der Waals surface area contributed by atoms with Gasteiger partial charge in [0.2, 0.25) is 9.84 Å². The maximum absolute atomic E-state index is 12.6. The predicted molar refractivity (Wildman–Crippen MR) is 86.6 cm³/mol. The van der Waals surface area contributed by atoms with Crippen molar-refractivity contribution < 1.29 is 21.6 Å². The second kappa shape index (κ2) is 6.33. The summed E-state index contributed by atoms with van der Waals surface area (Å²) in [6, 6.07) is 16.0. The lowest BCUT2D eigenvalue weighted by Crippen LogP contribution is -2.05. The second-order valence-electron chi connectivity index (χ2n) is 5.27. The van der Waals surface area contributed by atoms with E-state index in [1.54, 1.807) is 18.2 Å².